The lowest BCUT2D eigenvalue weighted by Gasteiger charge is -2.34. The third kappa shape index (κ3) is 2.95. The maximum Gasteiger partial charge on any atom is 0.254 e. The third-order valence-electron chi connectivity index (χ3n) is 3.57. The fraction of sp³-hybridized carbons (Fsp3) is 0.118. The predicted molar refractivity (Wildman–Crippen MR) is 85.3 cm³/mol. The average Bonchev–Trinajstić information content (AvgIpc) is 2.52. The number of hydrogen-bond donors (Lipinski definition) is 5. The molecule has 0 aliphatic carbocycles. The van der Waals surface area contributed by atoms with E-state index >= 15 is 0 Å². The summed E-state index contributed by atoms with van der Waals surface area (Å²) in [4.78, 5) is 16.4. The molecule has 1 amide bonds. The molecule has 0 radical (unpaired) electrons. The van der Waals surface area contributed by atoms with Crippen molar-refractivity contribution < 1.29 is 34.8 Å². The summed E-state index contributed by atoms with van der Waals surface area (Å²) in [7, 11) is 0. The monoisotopic (exact) mass is 345 g/mol. The highest BCUT2D eigenvalue weighted by molar-refractivity contribution is 5.78. The molecule has 0 fully saturated rings. The Bertz CT molecular complexity index is 877. The van der Waals surface area contributed by atoms with Crippen molar-refractivity contribution in [2.45, 2.75) is 12.7 Å². The van der Waals surface area contributed by atoms with E-state index in [0.29, 0.717) is 5.56 Å². The van der Waals surface area contributed by atoms with Gasteiger partial charge in [-0.1, -0.05) is 12.1 Å². The second-order valence-corrected chi connectivity index (χ2v) is 5.44. The molecule has 0 bridgehead atoms. The van der Waals surface area contributed by atoms with Crippen LogP contribution in [0.1, 0.15) is 18.1 Å². The third-order valence-corrected chi connectivity index (χ3v) is 3.57. The number of hydrogen-bond acceptors (Lipinski definition) is 7. The van der Waals surface area contributed by atoms with Gasteiger partial charge < -0.3 is 25.2 Å². The van der Waals surface area contributed by atoms with Crippen molar-refractivity contribution in [1.82, 2.24) is 5.48 Å². The van der Waals surface area contributed by atoms with Gasteiger partial charge in [0.05, 0.1) is 5.57 Å². The van der Waals surface area contributed by atoms with Crippen molar-refractivity contribution in [2.75, 3.05) is 0 Å². The Labute approximate surface area is 142 Å². The number of carbonyl (C=O) groups is 1. The number of phenols is 3. The number of aromatic hydroxyl groups is 3. The summed E-state index contributed by atoms with van der Waals surface area (Å²) < 4.78 is 5.38. The Morgan fingerprint density at radius 2 is 1.92 bits per heavy atom. The van der Waals surface area contributed by atoms with E-state index in [1.165, 1.54) is 31.2 Å². The number of benzene rings is 2. The normalized spacial score (nSPS) is 18.7. The summed E-state index contributed by atoms with van der Waals surface area (Å²) in [5.74, 6) is -3.84. The number of aliphatic hydroxyl groups is 1. The highest BCUT2D eigenvalue weighted by Gasteiger charge is 2.45. The number of ether oxygens (including phenoxy) is 1. The van der Waals surface area contributed by atoms with Crippen LogP contribution in [0.15, 0.2) is 42.7 Å². The standard InChI is InChI=1S/C17H15NO7/c1-9(19)18-25-17(23)13(10-3-2-4-11(20)5-10)8-24-15-7-12(21)6-14(22)16(15)17/h2-8,20-23H,1H3,(H,18,19). The second-order valence-electron chi connectivity index (χ2n) is 5.44. The molecular formula is C17H15NO7. The number of phenolic OH excluding ortho intramolecular Hbond substituents is 3. The molecule has 1 aliphatic rings. The maximum absolute atomic E-state index is 11.2. The molecule has 2 aromatic rings. The molecule has 0 saturated heterocycles. The Kier molecular flexibility index (Phi) is 3.99. The molecule has 8 nitrogen and oxygen atoms in total. The number of carbonyl (C=O) groups excluding carboxylic acids is 1. The van der Waals surface area contributed by atoms with Crippen molar-refractivity contribution >= 4 is 11.5 Å². The van der Waals surface area contributed by atoms with Gasteiger partial charge in [0, 0.05) is 19.1 Å². The minimum atomic E-state index is -2.33. The number of nitrogens with one attached hydrogen (secondary N) is 1. The Hall–Kier alpha value is -3.23. The van der Waals surface area contributed by atoms with Crippen LogP contribution in [0.3, 0.4) is 0 Å². The van der Waals surface area contributed by atoms with Gasteiger partial charge in [0.2, 0.25) is 5.91 Å². The van der Waals surface area contributed by atoms with Crippen LogP contribution >= 0.6 is 0 Å². The second kappa shape index (κ2) is 6.00. The van der Waals surface area contributed by atoms with Crippen molar-refractivity contribution in [3.8, 4) is 23.0 Å². The fourth-order valence-electron chi connectivity index (χ4n) is 2.55. The summed E-state index contributed by atoms with van der Waals surface area (Å²) in [5, 5.41) is 40.6. The highest BCUT2D eigenvalue weighted by Crippen LogP contribution is 2.49. The van der Waals surface area contributed by atoms with Crippen LogP contribution in [0.4, 0.5) is 0 Å². The SMILES string of the molecule is CC(=O)NOC1(O)C(c2cccc(O)c2)=COc2cc(O)cc(O)c21. The van der Waals surface area contributed by atoms with E-state index in [1.54, 1.807) is 6.07 Å². The number of hydroxylamine groups is 1. The van der Waals surface area contributed by atoms with Crippen molar-refractivity contribution in [3.63, 3.8) is 0 Å². The minimum Gasteiger partial charge on any atom is -0.508 e. The number of rotatable bonds is 3. The lowest BCUT2D eigenvalue weighted by Crippen LogP contribution is -2.40. The number of fused-ring (bicyclic) bond motifs is 1. The van der Waals surface area contributed by atoms with E-state index < -0.39 is 17.4 Å². The maximum atomic E-state index is 11.2. The summed E-state index contributed by atoms with van der Waals surface area (Å²) in [6.45, 7) is 1.18. The van der Waals surface area contributed by atoms with E-state index in [1.807, 2.05) is 5.48 Å². The molecule has 3 rings (SSSR count). The molecule has 130 valence electrons. The zero-order valence-electron chi connectivity index (χ0n) is 13.1. The molecule has 0 saturated carbocycles. The van der Waals surface area contributed by atoms with Crippen LogP contribution in [0.5, 0.6) is 23.0 Å². The van der Waals surface area contributed by atoms with Gasteiger partial charge in [0.25, 0.3) is 5.79 Å². The lowest BCUT2D eigenvalue weighted by molar-refractivity contribution is -0.211. The Balaban J connectivity index is 2.18. The minimum absolute atomic E-state index is 0.0191. The Morgan fingerprint density at radius 3 is 2.60 bits per heavy atom. The van der Waals surface area contributed by atoms with E-state index in [9.17, 15) is 25.2 Å². The molecule has 5 N–H and O–H groups in total. The van der Waals surface area contributed by atoms with Crippen LogP contribution in [0.2, 0.25) is 0 Å². The van der Waals surface area contributed by atoms with Crippen molar-refractivity contribution in [2.24, 2.45) is 0 Å². The molecule has 2 aromatic carbocycles. The summed E-state index contributed by atoms with van der Waals surface area (Å²) >= 11 is 0. The van der Waals surface area contributed by atoms with Gasteiger partial charge >= 0.3 is 0 Å². The van der Waals surface area contributed by atoms with Crippen LogP contribution in [-0.4, -0.2) is 26.3 Å². The largest absolute Gasteiger partial charge is 0.508 e. The van der Waals surface area contributed by atoms with Gasteiger partial charge in [-0.3, -0.25) is 4.79 Å². The lowest BCUT2D eigenvalue weighted by atomic mass is 9.89. The Morgan fingerprint density at radius 1 is 1.16 bits per heavy atom. The van der Waals surface area contributed by atoms with Crippen LogP contribution < -0.4 is 10.2 Å². The molecule has 1 atom stereocenters. The number of amides is 1. The first-order valence-electron chi connectivity index (χ1n) is 7.21. The molecule has 8 heteroatoms. The first kappa shape index (κ1) is 16.6. The highest BCUT2D eigenvalue weighted by atomic mass is 16.7. The van der Waals surface area contributed by atoms with E-state index in [4.69, 9.17) is 9.57 Å². The van der Waals surface area contributed by atoms with Gasteiger partial charge in [0.15, 0.2) is 0 Å². The van der Waals surface area contributed by atoms with Crippen LogP contribution in [0, 0.1) is 0 Å². The molecule has 1 aliphatic heterocycles. The fourth-order valence-corrected chi connectivity index (χ4v) is 2.55. The van der Waals surface area contributed by atoms with Crippen LogP contribution in [-0.2, 0) is 15.4 Å². The van der Waals surface area contributed by atoms with Crippen molar-refractivity contribution in [3.05, 3.63) is 53.8 Å². The molecule has 25 heavy (non-hydrogen) atoms. The van der Waals surface area contributed by atoms with Gasteiger partial charge in [-0.25, -0.2) is 10.3 Å². The molecule has 1 unspecified atom stereocenters. The molecular weight excluding hydrogens is 330 g/mol. The van der Waals surface area contributed by atoms with Gasteiger partial charge in [-0.05, 0) is 17.7 Å². The van der Waals surface area contributed by atoms with Gasteiger partial charge in [0.1, 0.15) is 34.8 Å². The summed E-state index contributed by atoms with van der Waals surface area (Å²) in [6.07, 6.45) is 1.14. The molecule has 0 aromatic heterocycles. The van der Waals surface area contributed by atoms with Gasteiger partial charge in [-0.15, -0.1) is 0 Å². The van der Waals surface area contributed by atoms with Gasteiger partial charge in [-0.2, -0.15) is 0 Å². The van der Waals surface area contributed by atoms with Crippen LogP contribution in [0.25, 0.3) is 5.57 Å². The van der Waals surface area contributed by atoms with Crippen molar-refractivity contribution in [1.29, 1.82) is 0 Å². The van der Waals surface area contributed by atoms with E-state index in [2.05, 4.69) is 0 Å². The topological polar surface area (TPSA) is 128 Å². The summed E-state index contributed by atoms with van der Waals surface area (Å²) in [5.41, 5.74) is 2.17. The summed E-state index contributed by atoms with van der Waals surface area (Å²) in [6, 6.07) is 8.06. The zero-order valence-corrected chi connectivity index (χ0v) is 13.1. The quantitative estimate of drug-likeness (QED) is 0.421. The smallest absolute Gasteiger partial charge is 0.254 e. The average molecular weight is 345 g/mol. The predicted octanol–water partition coefficient (Wildman–Crippen LogP) is 1.45. The van der Waals surface area contributed by atoms with E-state index in [0.717, 1.165) is 12.3 Å². The zero-order chi connectivity index (χ0) is 18.2. The van der Waals surface area contributed by atoms with E-state index in [-0.39, 0.29) is 28.4 Å². The first-order chi connectivity index (χ1) is 11.8. The first-order valence-corrected chi connectivity index (χ1v) is 7.21. The molecule has 1 heterocycles. The molecule has 0 spiro atoms.